The van der Waals surface area contributed by atoms with E-state index in [1.807, 2.05) is 13.0 Å². The molecule has 0 atom stereocenters. The van der Waals surface area contributed by atoms with Crippen LogP contribution in [0.1, 0.15) is 82.6 Å². The van der Waals surface area contributed by atoms with Gasteiger partial charge >= 0.3 is 12.5 Å². The van der Waals surface area contributed by atoms with E-state index < -0.39 is 41.5 Å². The Morgan fingerprint density at radius 1 is 0.683 bits per heavy atom. The number of hydrogen-bond acceptors (Lipinski definition) is 3. The lowest BCUT2D eigenvalue weighted by molar-refractivity contribution is -0.276. The highest BCUT2D eigenvalue weighted by molar-refractivity contribution is 5.35. The smallest absolute Gasteiger partial charge is 0.494 e. The molecule has 2 aliphatic rings. The predicted octanol–water partition coefficient (Wildman–Crippen LogP) is 9.93. The minimum absolute atomic E-state index is 0.154. The van der Waals surface area contributed by atoms with Crippen molar-refractivity contribution < 1.29 is 49.3 Å². The molecule has 0 radical (unpaired) electrons. The quantitative estimate of drug-likeness (QED) is 0.256. The molecule has 11 heteroatoms. The molecule has 2 saturated carbocycles. The van der Waals surface area contributed by atoms with E-state index in [4.69, 9.17) is 4.74 Å². The highest BCUT2D eigenvalue weighted by atomic mass is 19.4. The summed E-state index contributed by atoms with van der Waals surface area (Å²) in [4.78, 5) is 0. The van der Waals surface area contributed by atoms with Gasteiger partial charge in [0.2, 0.25) is 5.75 Å². The Morgan fingerprint density at radius 3 is 1.73 bits per heavy atom. The van der Waals surface area contributed by atoms with Crippen LogP contribution in [0.4, 0.5) is 35.1 Å². The molecule has 0 spiro atoms. The van der Waals surface area contributed by atoms with Crippen molar-refractivity contribution in [2.75, 3.05) is 6.61 Å². The molecule has 2 aromatic carbocycles. The molecule has 2 aromatic rings. The molecule has 0 aromatic heterocycles. The standard InChI is InChI=1S/C30H34F8O3/c1-2-39-22-13-14-24(25(31)15-22)20-9-5-18(6-10-20)3-4-19-7-11-21(12-8-19)29(34,35)40-23-16-26(32)28(27(33)17-23)41-30(36,37)38/h13-21H,2-12H2,1H3. The Bertz CT molecular complexity index is 1130. The summed E-state index contributed by atoms with van der Waals surface area (Å²) in [5.41, 5.74) is 0.726. The number of rotatable bonds is 10. The molecule has 0 heterocycles. The van der Waals surface area contributed by atoms with Crippen LogP contribution in [-0.2, 0) is 0 Å². The summed E-state index contributed by atoms with van der Waals surface area (Å²) >= 11 is 0. The second kappa shape index (κ2) is 13.1. The average molecular weight is 595 g/mol. The first kappa shape index (κ1) is 31.2. The first-order valence-corrected chi connectivity index (χ1v) is 14.1. The van der Waals surface area contributed by atoms with Gasteiger partial charge in [-0.15, -0.1) is 13.2 Å². The van der Waals surface area contributed by atoms with E-state index in [1.54, 1.807) is 6.07 Å². The molecule has 4 rings (SSSR count). The number of alkyl halides is 5. The van der Waals surface area contributed by atoms with Crippen LogP contribution in [0.3, 0.4) is 0 Å². The van der Waals surface area contributed by atoms with E-state index in [9.17, 15) is 35.1 Å². The molecule has 0 amide bonds. The monoisotopic (exact) mass is 594 g/mol. The molecule has 228 valence electrons. The van der Waals surface area contributed by atoms with Crippen molar-refractivity contribution in [1.29, 1.82) is 0 Å². The molecule has 41 heavy (non-hydrogen) atoms. The minimum Gasteiger partial charge on any atom is -0.494 e. The van der Waals surface area contributed by atoms with Crippen LogP contribution in [0.5, 0.6) is 17.2 Å². The van der Waals surface area contributed by atoms with Crippen molar-refractivity contribution in [3.63, 3.8) is 0 Å². The minimum atomic E-state index is -5.34. The molecule has 2 aliphatic carbocycles. The lowest BCUT2D eigenvalue weighted by Crippen LogP contribution is -2.37. The van der Waals surface area contributed by atoms with Crippen LogP contribution in [0, 0.1) is 35.2 Å². The molecule has 0 aliphatic heterocycles. The van der Waals surface area contributed by atoms with Gasteiger partial charge in [0.1, 0.15) is 17.3 Å². The van der Waals surface area contributed by atoms with Gasteiger partial charge in [0.15, 0.2) is 11.6 Å². The molecule has 0 bridgehead atoms. The first-order valence-electron chi connectivity index (χ1n) is 14.1. The summed E-state index contributed by atoms with van der Waals surface area (Å²) in [5.74, 6) is -6.17. The zero-order valence-electron chi connectivity index (χ0n) is 22.7. The van der Waals surface area contributed by atoms with Crippen molar-refractivity contribution in [2.24, 2.45) is 17.8 Å². The van der Waals surface area contributed by atoms with E-state index in [1.165, 1.54) is 6.07 Å². The van der Waals surface area contributed by atoms with E-state index in [-0.39, 0.29) is 42.6 Å². The van der Waals surface area contributed by atoms with Crippen LogP contribution in [-0.4, -0.2) is 19.1 Å². The SMILES string of the molecule is CCOc1ccc(C2CCC(CCC3CCC(C(F)(F)Oc4cc(F)c(OC(F)(F)F)c(F)c4)CC3)CC2)c(F)c1. The lowest BCUT2D eigenvalue weighted by atomic mass is 9.74. The summed E-state index contributed by atoms with van der Waals surface area (Å²) in [6, 6.07) is 5.56. The van der Waals surface area contributed by atoms with Crippen molar-refractivity contribution >= 4 is 0 Å². The highest BCUT2D eigenvalue weighted by Crippen LogP contribution is 2.44. The van der Waals surface area contributed by atoms with Gasteiger partial charge in [0.25, 0.3) is 0 Å². The fourth-order valence-electron chi connectivity index (χ4n) is 6.17. The molecule has 3 nitrogen and oxygen atoms in total. The molecule has 0 unspecified atom stereocenters. The summed E-state index contributed by atoms with van der Waals surface area (Å²) in [7, 11) is 0. The van der Waals surface area contributed by atoms with E-state index in [0.717, 1.165) is 44.1 Å². The molecule has 0 N–H and O–H groups in total. The Morgan fingerprint density at radius 2 is 1.22 bits per heavy atom. The first-order chi connectivity index (χ1) is 19.3. The normalized spacial score (nSPS) is 23.7. The number of hydrogen-bond donors (Lipinski definition) is 0. The highest BCUT2D eigenvalue weighted by Gasteiger charge is 2.44. The van der Waals surface area contributed by atoms with E-state index in [2.05, 4.69) is 9.47 Å². The van der Waals surface area contributed by atoms with Crippen molar-refractivity contribution in [3.05, 3.63) is 53.3 Å². The van der Waals surface area contributed by atoms with Crippen LogP contribution in [0.15, 0.2) is 30.3 Å². The Hall–Kier alpha value is -2.72. The van der Waals surface area contributed by atoms with E-state index in [0.29, 0.717) is 31.1 Å². The van der Waals surface area contributed by atoms with Crippen molar-refractivity contribution in [3.8, 4) is 17.2 Å². The van der Waals surface area contributed by atoms with Crippen LogP contribution < -0.4 is 14.2 Å². The van der Waals surface area contributed by atoms with Gasteiger partial charge in [-0.3, -0.25) is 0 Å². The second-order valence-corrected chi connectivity index (χ2v) is 11.1. The zero-order valence-corrected chi connectivity index (χ0v) is 22.7. The predicted molar refractivity (Wildman–Crippen MR) is 136 cm³/mol. The summed E-state index contributed by atoms with van der Waals surface area (Å²) in [6.07, 6.45) is -2.02. The third-order valence-electron chi connectivity index (χ3n) is 8.32. The van der Waals surface area contributed by atoms with Gasteiger partial charge < -0.3 is 14.2 Å². The zero-order chi connectivity index (χ0) is 29.8. The lowest BCUT2D eigenvalue weighted by Gasteiger charge is -2.34. The van der Waals surface area contributed by atoms with E-state index >= 15 is 0 Å². The third kappa shape index (κ3) is 8.41. The molecule has 0 saturated heterocycles. The Kier molecular flexibility index (Phi) is 9.95. The summed E-state index contributed by atoms with van der Waals surface area (Å²) in [6.45, 7) is 2.33. The Balaban J connectivity index is 1.21. The topological polar surface area (TPSA) is 27.7 Å². The molecule has 2 fully saturated rings. The van der Waals surface area contributed by atoms with Crippen molar-refractivity contribution in [2.45, 2.75) is 89.5 Å². The molecular formula is C30H34F8O3. The third-order valence-corrected chi connectivity index (χ3v) is 8.32. The van der Waals surface area contributed by atoms with Crippen LogP contribution in [0.2, 0.25) is 0 Å². The van der Waals surface area contributed by atoms with Gasteiger partial charge in [-0.2, -0.15) is 8.78 Å². The number of ether oxygens (including phenoxy) is 3. The average Bonchev–Trinajstić information content (AvgIpc) is 2.90. The second-order valence-electron chi connectivity index (χ2n) is 11.1. The van der Waals surface area contributed by atoms with Gasteiger partial charge in [-0.1, -0.05) is 18.9 Å². The summed E-state index contributed by atoms with van der Waals surface area (Å²) < 4.78 is 122. The van der Waals surface area contributed by atoms with Gasteiger partial charge in [-0.05, 0) is 87.7 Å². The maximum absolute atomic E-state index is 14.8. The molecular weight excluding hydrogens is 560 g/mol. The summed E-state index contributed by atoms with van der Waals surface area (Å²) in [5, 5.41) is 0. The number of benzene rings is 2. The van der Waals surface area contributed by atoms with Gasteiger partial charge in [-0.25, -0.2) is 13.2 Å². The van der Waals surface area contributed by atoms with Crippen molar-refractivity contribution in [1.82, 2.24) is 0 Å². The number of halogens is 8. The fraction of sp³-hybridized carbons (Fsp3) is 0.600. The maximum atomic E-state index is 14.8. The fourth-order valence-corrected chi connectivity index (χ4v) is 6.17. The van der Waals surface area contributed by atoms with Crippen LogP contribution >= 0.6 is 0 Å². The van der Waals surface area contributed by atoms with Crippen LogP contribution in [0.25, 0.3) is 0 Å². The maximum Gasteiger partial charge on any atom is 0.573 e. The Labute approximate surface area is 234 Å². The van der Waals surface area contributed by atoms with Gasteiger partial charge in [0, 0.05) is 18.2 Å². The van der Waals surface area contributed by atoms with Gasteiger partial charge in [0.05, 0.1) is 12.5 Å². The largest absolute Gasteiger partial charge is 0.573 e.